The average Bonchev–Trinajstić information content (AvgIpc) is 2.65. The van der Waals surface area contributed by atoms with Crippen molar-refractivity contribution in [3.05, 3.63) is 82.8 Å². The summed E-state index contributed by atoms with van der Waals surface area (Å²) in [7, 11) is 0. The Morgan fingerprint density at radius 3 is 2.58 bits per heavy atom. The van der Waals surface area contributed by atoms with Crippen LogP contribution in [0.3, 0.4) is 0 Å². The predicted octanol–water partition coefficient (Wildman–Crippen LogP) is 4.22. The Morgan fingerprint density at radius 1 is 1.19 bits per heavy atom. The summed E-state index contributed by atoms with van der Waals surface area (Å²) < 4.78 is 40.3. The molecule has 1 N–H and O–H groups in total. The van der Waals surface area contributed by atoms with Crippen molar-refractivity contribution >= 4 is 12.4 Å². The van der Waals surface area contributed by atoms with E-state index in [9.17, 15) is 18.0 Å². The molecule has 3 rings (SSSR count). The molecule has 2 aromatic carbocycles. The third kappa shape index (κ3) is 3.61. The molecule has 2 aromatic rings. The molecule has 0 aromatic heterocycles. The number of rotatable bonds is 3. The fourth-order valence-corrected chi connectivity index (χ4v) is 2.67. The molecular formula is C19H16F3N3O. The van der Waals surface area contributed by atoms with E-state index < -0.39 is 29.5 Å². The lowest BCUT2D eigenvalue weighted by atomic mass is 10.0. The number of hydrogen-bond acceptors (Lipinski definition) is 2. The first-order chi connectivity index (χ1) is 12.5. The van der Waals surface area contributed by atoms with Crippen LogP contribution in [0.4, 0.5) is 18.0 Å². The summed E-state index contributed by atoms with van der Waals surface area (Å²) >= 11 is 0. The van der Waals surface area contributed by atoms with Crippen molar-refractivity contribution < 1.29 is 18.0 Å². The minimum atomic E-state index is -1.54. The van der Waals surface area contributed by atoms with E-state index in [4.69, 9.17) is 0 Å². The molecular weight excluding hydrogens is 343 g/mol. The molecule has 26 heavy (non-hydrogen) atoms. The third-order valence-corrected chi connectivity index (χ3v) is 4.12. The van der Waals surface area contributed by atoms with Gasteiger partial charge in [0.25, 0.3) is 0 Å². The van der Waals surface area contributed by atoms with Gasteiger partial charge in [0.1, 0.15) is 0 Å². The number of carbonyl (C=O) groups excluding carboxylic acids is 1. The molecule has 1 unspecified atom stereocenters. The predicted molar refractivity (Wildman–Crippen MR) is 91.9 cm³/mol. The van der Waals surface area contributed by atoms with E-state index in [0.717, 1.165) is 23.3 Å². The van der Waals surface area contributed by atoms with Crippen molar-refractivity contribution in [2.24, 2.45) is 4.99 Å². The molecule has 0 saturated heterocycles. The van der Waals surface area contributed by atoms with Crippen LogP contribution in [0.25, 0.3) is 0 Å². The van der Waals surface area contributed by atoms with Gasteiger partial charge in [-0.2, -0.15) is 0 Å². The molecule has 2 amide bonds. The third-order valence-electron chi connectivity index (χ3n) is 4.12. The number of aliphatic imine (C=N–C) groups is 1. The summed E-state index contributed by atoms with van der Waals surface area (Å²) in [6, 6.07) is 8.04. The highest BCUT2D eigenvalue weighted by atomic mass is 19.2. The van der Waals surface area contributed by atoms with Crippen LogP contribution in [-0.2, 0) is 6.54 Å². The van der Waals surface area contributed by atoms with E-state index in [2.05, 4.69) is 10.3 Å². The number of carbonyl (C=O) groups is 1. The topological polar surface area (TPSA) is 44.7 Å². The van der Waals surface area contributed by atoms with Crippen LogP contribution >= 0.6 is 0 Å². The fourth-order valence-electron chi connectivity index (χ4n) is 2.67. The molecule has 0 aliphatic carbocycles. The molecule has 1 aliphatic rings. The zero-order valence-corrected chi connectivity index (χ0v) is 13.9. The highest BCUT2D eigenvalue weighted by Gasteiger charge is 2.26. The van der Waals surface area contributed by atoms with Crippen LogP contribution in [0.15, 0.2) is 53.7 Å². The molecule has 1 aliphatic heterocycles. The number of benzene rings is 2. The number of urea groups is 1. The van der Waals surface area contributed by atoms with Crippen molar-refractivity contribution in [2.45, 2.75) is 19.5 Å². The maximum Gasteiger partial charge on any atom is 0.323 e. The summed E-state index contributed by atoms with van der Waals surface area (Å²) in [5.74, 6) is -4.16. The van der Waals surface area contributed by atoms with Gasteiger partial charge < -0.3 is 5.32 Å². The standard InChI is InChI=1S/C19H16F3N3O/c1-12-4-2-3-5-13(12)10-24-19(26)25-11-23-7-6-17(25)14-8-15(20)18(22)16(21)9-14/h2-9,11,17H,10H2,1H3,(H,24,26). The van der Waals surface area contributed by atoms with Gasteiger partial charge in [0.15, 0.2) is 17.5 Å². The maximum absolute atomic E-state index is 13.5. The average molecular weight is 359 g/mol. The number of nitrogens with one attached hydrogen (secondary N) is 1. The number of nitrogens with zero attached hydrogens (tertiary/aromatic N) is 2. The highest BCUT2D eigenvalue weighted by Crippen LogP contribution is 2.26. The van der Waals surface area contributed by atoms with Gasteiger partial charge in [0.05, 0.1) is 12.4 Å². The van der Waals surface area contributed by atoms with Crippen molar-refractivity contribution in [1.82, 2.24) is 10.2 Å². The fraction of sp³-hybridized carbons (Fsp3) is 0.158. The molecule has 1 atom stereocenters. The Hall–Kier alpha value is -3.09. The maximum atomic E-state index is 13.5. The molecule has 0 bridgehead atoms. The van der Waals surface area contributed by atoms with E-state index in [1.165, 1.54) is 23.5 Å². The van der Waals surface area contributed by atoms with Gasteiger partial charge in [0, 0.05) is 12.7 Å². The zero-order chi connectivity index (χ0) is 18.7. The lowest BCUT2D eigenvalue weighted by molar-refractivity contribution is 0.215. The molecule has 0 saturated carbocycles. The number of halogens is 3. The first-order valence-corrected chi connectivity index (χ1v) is 7.92. The minimum Gasteiger partial charge on any atom is -0.334 e. The summed E-state index contributed by atoms with van der Waals surface area (Å²) in [6.07, 6.45) is 4.17. The highest BCUT2D eigenvalue weighted by molar-refractivity contribution is 5.88. The smallest absolute Gasteiger partial charge is 0.323 e. The second-order valence-corrected chi connectivity index (χ2v) is 5.84. The van der Waals surface area contributed by atoms with E-state index in [1.807, 2.05) is 31.2 Å². The van der Waals surface area contributed by atoms with Crippen LogP contribution in [0.5, 0.6) is 0 Å². The molecule has 4 nitrogen and oxygen atoms in total. The van der Waals surface area contributed by atoms with E-state index in [-0.39, 0.29) is 5.56 Å². The number of amides is 2. The number of aryl methyl sites for hydroxylation is 1. The van der Waals surface area contributed by atoms with E-state index >= 15 is 0 Å². The first-order valence-electron chi connectivity index (χ1n) is 7.92. The summed E-state index contributed by atoms with van der Waals surface area (Å²) in [5.41, 5.74) is 2.08. The summed E-state index contributed by atoms with van der Waals surface area (Å²) in [5, 5.41) is 2.75. The van der Waals surface area contributed by atoms with Crippen LogP contribution < -0.4 is 5.32 Å². The van der Waals surface area contributed by atoms with Crippen molar-refractivity contribution in [2.75, 3.05) is 0 Å². The Balaban J connectivity index is 1.79. The lowest BCUT2D eigenvalue weighted by Gasteiger charge is -2.28. The van der Waals surface area contributed by atoms with Crippen molar-refractivity contribution in [1.29, 1.82) is 0 Å². The van der Waals surface area contributed by atoms with Gasteiger partial charge in [0.2, 0.25) is 0 Å². The van der Waals surface area contributed by atoms with Crippen LogP contribution in [0, 0.1) is 24.4 Å². The second-order valence-electron chi connectivity index (χ2n) is 5.84. The Labute approximate surface area is 148 Å². The van der Waals surface area contributed by atoms with Gasteiger partial charge in [-0.25, -0.2) is 23.0 Å². The van der Waals surface area contributed by atoms with E-state index in [1.54, 1.807) is 0 Å². The van der Waals surface area contributed by atoms with Crippen LogP contribution in [0.1, 0.15) is 22.7 Å². The van der Waals surface area contributed by atoms with Gasteiger partial charge >= 0.3 is 6.03 Å². The normalized spacial score (nSPS) is 16.0. The Morgan fingerprint density at radius 2 is 1.88 bits per heavy atom. The molecule has 7 heteroatoms. The summed E-state index contributed by atoms with van der Waals surface area (Å²) in [4.78, 5) is 17.6. The largest absolute Gasteiger partial charge is 0.334 e. The SMILES string of the molecule is Cc1ccccc1CNC(=O)N1C=NC=CC1c1cc(F)c(F)c(F)c1. The molecule has 0 radical (unpaired) electrons. The summed E-state index contributed by atoms with van der Waals surface area (Å²) in [6.45, 7) is 2.22. The van der Waals surface area contributed by atoms with Crippen molar-refractivity contribution in [3.8, 4) is 0 Å². The molecule has 0 spiro atoms. The Kier molecular flexibility index (Phi) is 5.06. The van der Waals surface area contributed by atoms with Gasteiger partial charge in [-0.15, -0.1) is 0 Å². The molecule has 0 fully saturated rings. The van der Waals surface area contributed by atoms with E-state index in [0.29, 0.717) is 6.54 Å². The van der Waals surface area contributed by atoms with Crippen molar-refractivity contribution in [3.63, 3.8) is 0 Å². The van der Waals surface area contributed by atoms with Gasteiger partial charge in [-0.1, -0.05) is 24.3 Å². The zero-order valence-electron chi connectivity index (χ0n) is 13.9. The number of hydrogen-bond donors (Lipinski definition) is 1. The van der Waals surface area contributed by atoms with Crippen LogP contribution in [-0.4, -0.2) is 17.3 Å². The quantitative estimate of drug-likeness (QED) is 0.820. The lowest BCUT2D eigenvalue weighted by Crippen LogP contribution is -2.41. The first kappa shape index (κ1) is 17.7. The van der Waals surface area contributed by atoms with Gasteiger partial charge in [-0.3, -0.25) is 4.90 Å². The molecule has 1 heterocycles. The van der Waals surface area contributed by atoms with Crippen LogP contribution in [0.2, 0.25) is 0 Å². The second kappa shape index (κ2) is 7.43. The Bertz CT molecular complexity index is 872. The molecule has 134 valence electrons. The minimum absolute atomic E-state index is 0.106. The van der Waals surface area contributed by atoms with Gasteiger partial charge in [-0.05, 0) is 41.8 Å². The monoisotopic (exact) mass is 359 g/mol.